The van der Waals surface area contributed by atoms with Crippen LogP contribution < -0.4 is 10.3 Å². The van der Waals surface area contributed by atoms with Crippen LogP contribution in [0.1, 0.15) is 54.1 Å². The molecule has 0 saturated carbocycles. The fourth-order valence-corrected chi connectivity index (χ4v) is 8.33. The van der Waals surface area contributed by atoms with Gasteiger partial charge >= 0.3 is 5.97 Å². The van der Waals surface area contributed by atoms with Crippen molar-refractivity contribution in [2.24, 2.45) is 11.1 Å². The van der Waals surface area contributed by atoms with E-state index in [0.29, 0.717) is 24.4 Å². The molecule has 21 heteroatoms. The van der Waals surface area contributed by atoms with Gasteiger partial charge in [0.1, 0.15) is 18.4 Å². The minimum absolute atomic E-state index is 0.112. The largest absolute Gasteiger partial charge is 0.504 e. The molecular weight excluding hydrogens is 776 g/mol. The van der Waals surface area contributed by atoms with E-state index in [4.69, 9.17) is 22.2 Å². The molecule has 2 aliphatic rings. The van der Waals surface area contributed by atoms with E-state index < -0.39 is 40.1 Å². The van der Waals surface area contributed by atoms with Gasteiger partial charge in [0, 0.05) is 35.1 Å². The Morgan fingerprint density at radius 3 is 2.73 bits per heavy atom. The van der Waals surface area contributed by atoms with Gasteiger partial charge in [-0.25, -0.2) is 18.7 Å². The van der Waals surface area contributed by atoms with Crippen molar-refractivity contribution in [1.29, 1.82) is 0 Å². The Balaban J connectivity index is 1.08. The Hall–Kier alpha value is -5.86. The number of oxime groups is 1. The number of H-pyrrole nitrogens is 1. The van der Waals surface area contributed by atoms with Crippen molar-refractivity contribution in [3.8, 4) is 11.5 Å². The highest BCUT2D eigenvalue weighted by molar-refractivity contribution is 8.00. The predicted octanol–water partition coefficient (Wildman–Crippen LogP) is 2.84. The summed E-state index contributed by atoms with van der Waals surface area (Å²) in [6, 6.07) is 6.43. The van der Waals surface area contributed by atoms with Gasteiger partial charge < -0.3 is 25.9 Å². The van der Waals surface area contributed by atoms with E-state index in [1.165, 1.54) is 43.1 Å². The van der Waals surface area contributed by atoms with Gasteiger partial charge in [0.05, 0.1) is 28.2 Å². The molecule has 6 heterocycles. The number of nitrogens with zero attached hydrogens (tertiary/aromatic N) is 8. The number of β-lactam (4-membered cyclic amide) rings is 1. The fraction of sp³-hybridized carbons (Fsp3) is 0.294. The van der Waals surface area contributed by atoms with E-state index in [-0.39, 0.29) is 57.5 Å². The molecule has 0 bridgehead atoms. The Morgan fingerprint density at radius 1 is 1.22 bits per heavy atom. The van der Waals surface area contributed by atoms with Crippen LogP contribution >= 0.6 is 34.7 Å². The summed E-state index contributed by atoms with van der Waals surface area (Å²) in [5.41, 5.74) is 7.13. The van der Waals surface area contributed by atoms with Crippen LogP contribution in [-0.4, -0.2) is 96.1 Å². The van der Waals surface area contributed by atoms with E-state index in [9.17, 15) is 34.5 Å². The number of Topliss-reactive ketones (excluding diaryl/α,β-unsaturated/α-hetero) is 2. The number of phenols is 2. The minimum atomic E-state index is -1.74. The molecule has 6 N–H and O–H groups in total. The molecule has 0 radical (unpaired) electrons. The number of fused-ring (bicyclic) bond motifs is 2. The summed E-state index contributed by atoms with van der Waals surface area (Å²) in [4.78, 5) is 62.9. The smallest absolute Gasteiger partial charge is 0.350 e. The molecule has 18 nitrogen and oxygen atoms in total. The summed E-state index contributed by atoms with van der Waals surface area (Å²) < 4.78 is 3.87. The summed E-state index contributed by atoms with van der Waals surface area (Å²) in [6.45, 7) is 2.94. The summed E-state index contributed by atoms with van der Waals surface area (Å²) in [6.07, 6.45) is 6.00. The van der Waals surface area contributed by atoms with Crippen LogP contribution in [0.4, 0.5) is 5.13 Å². The van der Waals surface area contributed by atoms with Gasteiger partial charge in [-0.2, -0.15) is 5.21 Å². The van der Waals surface area contributed by atoms with Crippen molar-refractivity contribution in [1.82, 2.24) is 34.9 Å². The first kappa shape index (κ1) is 37.5. The number of amides is 1. The summed E-state index contributed by atoms with van der Waals surface area (Å²) in [5.74, 6) is -3.44. The number of tetrazole rings is 1. The number of aliphatic carboxylic acids is 1. The number of aromatic hydroxyl groups is 2. The number of thiazole rings is 1. The molecule has 1 fully saturated rings. The molecule has 4 aromatic heterocycles. The number of rotatable bonds is 14. The Bertz CT molecular complexity index is 2430. The summed E-state index contributed by atoms with van der Waals surface area (Å²) in [7, 11) is 0. The first-order chi connectivity index (χ1) is 26.2. The number of ketones is 2. The van der Waals surface area contributed by atoms with Crippen molar-refractivity contribution >= 4 is 80.2 Å². The van der Waals surface area contributed by atoms with Gasteiger partial charge in [-0.1, -0.05) is 22.8 Å². The van der Waals surface area contributed by atoms with Gasteiger partial charge in [0.2, 0.25) is 23.7 Å². The molecule has 2 aliphatic heterocycles. The van der Waals surface area contributed by atoms with Gasteiger partial charge in [-0.15, -0.1) is 33.3 Å². The van der Waals surface area contributed by atoms with Crippen LogP contribution in [0.25, 0.3) is 11.2 Å². The maximum Gasteiger partial charge on any atom is 0.350 e. The number of anilines is 1. The molecule has 1 aromatic carbocycles. The van der Waals surface area contributed by atoms with Crippen LogP contribution in [0.3, 0.4) is 0 Å². The van der Waals surface area contributed by atoms with Crippen molar-refractivity contribution < 1.29 is 43.9 Å². The number of imidazole rings is 1. The van der Waals surface area contributed by atoms with Crippen LogP contribution in [0.2, 0.25) is 5.02 Å². The molecule has 5 aromatic rings. The van der Waals surface area contributed by atoms with Crippen LogP contribution in [-0.2, 0) is 32.2 Å². The van der Waals surface area contributed by atoms with Gasteiger partial charge in [-0.05, 0) is 49.2 Å². The number of nitrogens with two attached hydrogens (primary N) is 1. The third-order valence-electron chi connectivity index (χ3n) is 9.08. The topological polar surface area (TPSA) is 255 Å². The number of carbonyl (C=O) groups is 4. The first-order valence-electron chi connectivity index (χ1n) is 16.6. The number of nitrogen functional groups attached to an aromatic ring is 1. The third-order valence-corrected chi connectivity index (χ3v) is 11.5. The number of nitrogens with one attached hydrogen (secondary N) is 1. The second kappa shape index (κ2) is 14.8. The average Bonchev–Trinajstić information content (AvgIpc) is 3.93. The van der Waals surface area contributed by atoms with Crippen LogP contribution in [0, 0.1) is 5.92 Å². The number of phenolic OH excluding ortho intramolecular Hbond substituents is 2. The van der Waals surface area contributed by atoms with Crippen molar-refractivity contribution in [2.45, 2.75) is 50.6 Å². The predicted molar refractivity (Wildman–Crippen MR) is 198 cm³/mol. The number of benzene rings is 1. The highest BCUT2D eigenvalue weighted by Gasteiger charge is 2.54. The first-order valence-corrected chi connectivity index (χ1v) is 18.9. The lowest BCUT2D eigenvalue weighted by atomic mass is 9.89. The molecular formula is C34H32ClN10O8S2+. The zero-order chi connectivity index (χ0) is 39.2. The third kappa shape index (κ3) is 7.34. The number of carbonyl (C=O) groups excluding carboxylic acids is 3. The average molecular weight is 808 g/mol. The molecule has 55 heavy (non-hydrogen) atoms. The fourth-order valence-electron chi connectivity index (χ4n) is 6.11. The SMILES string of the molecule is CC(C)(O/N=C(\C(=O)C[C@@H]1C(=O)N2C(c3nn[nH]n3)=C(C[n+]3cc4ccc(CCC(=O)c5ccc(O)c(O)c5Cl)cn4c3)CS[C@H]12)c1csc(N)n1)C(=O)O. The minimum Gasteiger partial charge on any atom is -0.504 e. The molecule has 0 spiro atoms. The molecule has 1 saturated heterocycles. The number of hydrogen-bond acceptors (Lipinski definition) is 15. The second-order valence-electron chi connectivity index (χ2n) is 13.3. The Morgan fingerprint density at radius 2 is 2.02 bits per heavy atom. The van der Waals surface area contributed by atoms with Crippen LogP contribution in [0.5, 0.6) is 11.5 Å². The quantitative estimate of drug-likeness (QED) is 0.0270. The summed E-state index contributed by atoms with van der Waals surface area (Å²) in [5, 5.41) is 48.4. The Kier molecular flexibility index (Phi) is 10.1. The molecule has 0 unspecified atom stereocenters. The number of carboxylic acids is 1. The Labute approximate surface area is 324 Å². The van der Waals surface area contributed by atoms with Crippen molar-refractivity contribution in [3.05, 3.63) is 81.6 Å². The number of halogens is 1. The van der Waals surface area contributed by atoms with E-state index in [0.717, 1.165) is 28.0 Å². The number of carboxylic acid groups (broad SMARTS) is 1. The maximum atomic E-state index is 13.8. The number of thioether (sulfide) groups is 1. The molecule has 0 aliphatic carbocycles. The maximum absolute atomic E-state index is 13.8. The van der Waals surface area contributed by atoms with E-state index in [1.807, 2.05) is 39.8 Å². The highest BCUT2D eigenvalue weighted by atomic mass is 35.5. The van der Waals surface area contributed by atoms with Crippen LogP contribution in [0.15, 0.2) is 59.1 Å². The van der Waals surface area contributed by atoms with Crippen molar-refractivity contribution in [3.63, 3.8) is 0 Å². The number of aryl methyl sites for hydroxylation is 1. The zero-order valence-corrected chi connectivity index (χ0v) is 31.4. The number of hydrogen-bond donors (Lipinski definition) is 5. The van der Waals surface area contributed by atoms with Gasteiger partial charge in [-0.3, -0.25) is 19.3 Å². The molecule has 284 valence electrons. The zero-order valence-electron chi connectivity index (χ0n) is 29.0. The van der Waals surface area contributed by atoms with Gasteiger partial charge in [0.15, 0.2) is 39.4 Å². The second-order valence-corrected chi connectivity index (χ2v) is 15.6. The highest BCUT2D eigenvalue weighted by Crippen LogP contribution is 2.47. The number of aromatic nitrogens is 7. The van der Waals surface area contributed by atoms with Gasteiger partial charge in [0.25, 0.3) is 0 Å². The lowest BCUT2D eigenvalue weighted by Gasteiger charge is -2.49. The lowest BCUT2D eigenvalue weighted by Crippen LogP contribution is -2.61. The van der Waals surface area contributed by atoms with Crippen molar-refractivity contribution in [2.75, 3.05) is 11.5 Å². The van der Waals surface area contributed by atoms with E-state index in [1.54, 1.807) is 4.90 Å². The monoisotopic (exact) mass is 807 g/mol. The number of pyridine rings is 1. The standard InChI is InChI=1S/C34H31ClN10O8S2/c1-34(2,32(51)52)53-40-26(21-14-55-33(36)37-21)24(48)9-20-30(50)45-27(29-38-41-42-39-29)17(13-54-31(20)45)11-43-12-18-5-3-16(10-44(18)15-43)4-7-22(46)19-6-8-23(47)28(49)25(19)35/h3,5-6,8,10,12,14-15,20,31H,4,7,9,11,13H2,1-2H3,(H5-,36,37,38,39,40,41,42,46,47,48,49,51,52)/p+1/t20-,31-/m1/s1. The normalized spacial score (nSPS) is 17.3. The molecule has 1 amide bonds. The molecule has 7 rings (SSSR count). The van der Waals surface area contributed by atoms with E-state index >= 15 is 0 Å². The number of aromatic amines is 1. The van der Waals surface area contributed by atoms with E-state index in [2.05, 4.69) is 30.8 Å². The summed E-state index contributed by atoms with van der Waals surface area (Å²) >= 11 is 8.63. The lowest BCUT2D eigenvalue weighted by molar-refractivity contribution is -0.687. The molecule has 2 atom stereocenters.